The minimum atomic E-state index is -0.648. The number of carbonyl (C=O) groups excluding carboxylic acids is 2. The molecule has 0 aliphatic heterocycles. The standard InChI is InChI=1S/C14H21N3O3/c1-10(2)12(13(19)15-8-9-18)17-14(20)16-11-6-4-3-5-7-11/h3-7,10,12,18H,8-9H2,1-2H3,(H,15,19)(H2,16,17,20). The molecule has 0 bridgehead atoms. The van der Waals surface area contributed by atoms with Crippen LogP contribution in [0.3, 0.4) is 0 Å². The van der Waals surface area contributed by atoms with Gasteiger partial charge in [-0.25, -0.2) is 4.79 Å². The fraction of sp³-hybridized carbons (Fsp3) is 0.429. The number of amides is 3. The van der Waals surface area contributed by atoms with Crippen LogP contribution in [0.2, 0.25) is 0 Å². The van der Waals surface area contributed by atoms with Crippen LogP contribution in [0, 0.1) is 5.92 Å². The summed E-state index contributed by atoms with van der Waals surface area (Å²) in [5.74, 6) is -0.368. The molecule has 0 fully saturated rings. The lowest BCUT2D eigenvalue weighted by atomic mass is 10.0. The van der Waals surface area contributed by atoms with E-state index in [1.807, 2.05) is 32.0 Å². The van der Waals surface area contributed by atoms with Gasteiger partial charge >= 0.3 is 6.03 Å². The van der Waals surface area contributed by atoms with Crippen LogP contribution in [0.15, 0.2) is 30.3 Å². The van der Waals surface area contributed by atoms with Crippen LogP contribution >= 0.6 is 0 Å². The molecule has 1 atom stereocenters. The molecule has 1 aromatic rings. The second kappa shape index (κ2) is 8.16. The number of urea groups is 1. The van der Waals surface area contributed by atoms with Gasteiger partial charge in [0.1, 0.15) is 6.04 Å². The predicted molar refractivity (Wildman–Crippen MR) is 77.3 cm³/mol. The molecule has 1 unspecified atom stereocenters. The van der Waals surface area contributed by atoms with Crippen LogP contribution in [0.4, 0.5) is 10.5 Å². The van der Waals surface area contributed by atoms with Gasteiger partial charge in [-0.1, -0.05) is 32.0 Å². The van der Waals surface area contributed by atoms with Crippen LogP contribution < -0.4 is 16.0 Å². The third-order valence-electron chi connectivity index (χ3n) is 2.68. The zero-order valence-electron chi connectivity index (χ0n) is 11.7. The monoisotopic (exact) mass is 279 g/mol. The smallest absolute Gasteiger partial charge is 0.319 e. The summed E-state index contributed by atoms with van der Waals surface area (Å²) in [5.41, 5.74) is 0.656. The Morgan fingerprint density at radius 1 is 1.20 bits per heavy atom. The molecular formula is C14H21N3O3. The Balaban J connectivity index is 2.57. The molecule has 0 saturated carbocycles. The Hall–Kier alpha value is -2.08. The molecular weight excluding hydrogens is 258 g/mol. The second-order valence-corrected chi connectivity index (χ2v) is 4.70. The Bertz CT molecular complexity index is 435. The number of hydrogen-bond donors (Lipinski definition) is 4. The summed E-state index contributed by atoms with van der Waals surface area (Å²) in [5, 5.41) is 16.5. The van der Waals surface area contributed by atoms with E-state index in [4.69, 9.17) is 5.11 Å². The second-order valence-electron chi connectivity index (χ2n) is 4.70. The number of anilines is 1. The summed E-state index contributed by atoms with van der Waals surface area (Å²) < 4.78 is 0. The number of aliphatic hydroxyl groups is 1. The highest BCUT2D eigenvalue weighted by atomic mass is 16.3. The fourth-order valence-electron chi connectivity index (χ4n) is 1.65. The van der Waals surface area contributed by atoms with E-state index in [0.29, 0.717) is 5.69 Å². The summed E-state index contributed by atoms with van der Waals surface area (Å²) in [6, 6.07) is 7.90. The summed E-state index contributed by atoms with van der Waals surface area (Å²) >= 11 is 0. The molecule has 0 aliphatic carbocycles. The lowest BCUT2D eigenvalue weighted by Gasteiger charge is -2.21. The molecule has 0 radical (unpaired) electrons. The minimum absolute atomic E-state index is 0.0600. The SMILES string of the molecule is CC(C)C(NC(=O)Nc1ccccc1)C(=O)NCCO. The van der Waals surface area contributed by atoms with Crippen LogP contribution in [0.1, 0.15) is 13.8 Å². The number of carbonyl (C=O) groups is 2. The molecule has 110 valence electrons. The summed E-state index contributed by atoms with van der Waals surface area (Å²) in [6.45, 7) is 3.72. The quantitative estimate of drug-likeness (QED) is 0.624. The predicted octanol–water partition coefficient (Wildman–Crippen LogP) is 0.941. The van der Waals surface area contributed by atoms with E-state index in [2.05, 4.69) is 16.0 Å². The minimum Gasteiger partial charge on any atom is -0.395 e. The van der Waals surface area contributed by atoms with E-state index in [1.54, 1.807) is 12.1 Å². The maximum Gasteiger partial charge on any atom is 0.319 e. The lowest BCUT2D eigenvalue weighted by molar-refractivity contribution is -0.124. The third kappa shape index (κ3) is 5.27. The van der Waals surface area contributed by atoms with Gasteiger partial charge in [0.2, 0.25) is 5.91 Å². The first kappa shape index (κ1) is 16.0. The highest BCUT2D eigenvalue weighted by Gasteiger charge is 2.23. The van der Waals surface area contributed by atoms with E-state index in [9.17, 15) is 9.59 Å². The van der Waals surface area contributed by atoms with E-state index < -0.39 is 12.1 Å². The number of hydrogen-bond acceptors (Lipinski definition) is 3. The van der Waals surface area contributed by atoms with Gasteiger partial charge in [-0.2, -0.15) is 0 Å². The Morgan fingerprint density at radius 3 is 2.40 bits per heavy atom. The number of benzene rings is 1. The molecule has 1 aromatic carbocycles. The molecule has 6 heteroatoms. The van der Waals surface area contributed by atoms with Gasteiger partial charge in [0.25, 0.3) is 0 Å². The van der Waals surface area contributed by atoms with Crippen LogP contribution in [0.25, 0.3) is 0 Å². The van der Waals surface area contributed by atoms with E-state index in [0.717, 1.165) is 0 Å². The van der Waals surface area contributed by atoms with Gasteiger partial charge in [0, 0.05) is 12.2 Å². The van der Waals surface area contributed by atoms with Crippen LogP contribution in [-0.2, 0) is 4.79 Å². The average Bonchev–Trinajstić information content (AvgIpc) is 2.43. The fourth-order valence-corrected chi connectivity index (χ4v) is 1.65. The number of nitrogens with one attached hydrogen (secondary N) is 3. The Labute approximate surface area is 118 Å². The molecule has 4 N–H and O–H groups in total. The van der Waals surface area contributed by atoms with Gasteiger partial charge < -0.3 is 21.1 Å². The average molecular weight is 279 g/mol. The molecule has 3 amide bonds. The largest absolute Gasteiger partial charge is 0.395 e. The first-order valence-electron chi connectivity index (χ1n) is 6.55. The van der Waals surface area contributed by atoms with Gasteiger partial charge in [-0.05, 0) is 18.1 Å². The normalized spacial score (nSPS) is 11.8. The maximum atomic E-state index is 11.9. The van der Waals surface area contributed by atoms with Crippen molar-refractivity contribution in [2.75, 3.05) is 18.5 Å². The lowest BCUT2D eigenvalue weighted by Crippen LogP contribution is -2.51. The van der Waals surface area contributed by atoms with Crippen LogP contribution in [-0.4, -0.2) is 36.2 Å². The van der Waals surface area contributed by atoms with Gasteiger partial charge in [-0.15, -0.1) is 0 Å². The van der Waals surface area contributed by atoms with Crippen molar-refractivity contribution >= 4 is 17.6 Å². The van der Waals surface area contributed by atoms with Crippen molar-refractivity contribution in [3.05, 3.63) is 30.3 Å². The van der Waals surface area contributed by atoms with E-state index in [-0.39, 0.29) is 25.0 Å². The zero-order valence-corrected chi connectivity index (χ0v) is 11.7. The van der Waals surface area contributed by atoms with Gasteiger partial charge in [0.05, 0.1) is 6.61 Å². The van der Waals surface area contributed by atoms with Gasteiger partial charge in [-0.3, -0.25) is 4.79 Å². The Morgan fingerprint density at radius 2 is 1.85 bits per heavy atom. The number of rotatable bonds is 6. The number of para-hydroxylation sites is 1. The maximum absolute atomic E-state index is 11.9. The van der Waals surface area contributed by atoms with Crippen molar-refractivity contribution in [2.24, 2.45) is 5.92 Å². The van der Waals surface area contributed by atoms with E-state index >= 15 is 0 Å². The van der Waals surface area contributed by atoms with E-state index in [1.165, 1.54) is 0 Å². The highest BCUT2D eigenvalue weighted by molar-refractivity contribution is 5.93. The third-order valence-corrected chi connectivity index (χ3v) is 2.68. The summed E-state index contributed by atoms with van der Waals surface area (Å²) in [7, 11) is 0. The number of aliphatic hydroxyl groups excluding tert-OH is 1. The van der Waals surface area contributed by atoms with Crippen molar-refractivity contribution in [1.82, 2.24) is 10.6 Å². The molecule has 6 nitrogen and oxygen atoms in total. The Kier molecular flexibility index (Phi) is 6.52. The molecule has 0 aromatic heterocycles. The summed E-state index contributed by atoms with van der Waals surface area (Å²) in [6.07, 6.45) is 0. The van der Waals surface area contributed by atoms with Crippen molar-refractivity contribution in [2.45, 2.75) is 19.9 Å². The molecule has 0 saturated heterocycles. The molecule has 0 heterocycles. The van der Waals surface area contributed by atoms with Crippen molar-refractivity contribution in [1.29, 1.82) is 0 Å². The van der Waals surface area contributed by atoms with Gasteiger partial charge in [0.15, 0.2) is 0 Å². The van der Waals surface area contributed by atoms with Crippen molar-refractivity contribution in [3.8, 4) is 0 Å². The van der Waals surface area contributed by atoms with Crippen LogP contribution in [0.5, 0.6) is 0 Å². The molecule has 0 spiro atoms. The van der Waals surface area contributed by atoms with Crippen molar-refractivity contribution in [3.63, 3.8) is 0 Å². The molecule has 0 aliphatic rings. The molecule has 20 heavy (non-hydrogen) atoms. The summed E-state index contributed by atoms with van der Waals surface area (Å²) in [4.78, 5) is 23.7. The highest BCUT2D eigenvalue weighted by Crippen LogP contribution is 2.06. The topological polar surface area (TPSA) is 90.5 Å². The first-order chi connectivity index (χ1) is 9.54. The molecule has 1 rings (SSSR count). The van der Waals surface area contributed by atoms with Crippen molar-refractivity contribution < 1.29 is 14.7 Å². The first-order valence-corrected chi connectivity index (χ1v) is 6.55. The zero-order chi connectivity index (χ0) is 15.0.